The zero-order valence-corrected chi connectivity index (χ0v) is 17.4. The van der Waals surface area contributed by atoms with Gasteiger partial charge in [-0.2, -0.15) is 10.0 Å². The van der Waals surface area contributed by atoms with Crippen LogP contribution in [-0.2, 0) is 0 Å². The average Bonchev–Trinajstić information content (AvgIpc) is 2.64. The van der Waals surface area contributed by atoms with E-state index in [9.17, 15) is 22.8 Å². The fourth-order valence-corrected chi connectivity index (χ4v) is 2.96. The van der Waals surface area contributed by atoms with Crippen molar-refractivity contribution in [2.24, 2.45) is 11.5 Å². The van der Waals surface area contributed by atoms with E-state index in [0.717, 1.165) is 18.2 Å². The number of benzene rings is 2. The van der Waals surface area contributed by atoms with Gasteiger partial charge in [-0.25, -0.2) is 22.8 Å². The third-order valence-electron chi connectivity index (χ3n) is 4.01. The summed E-state index contributed by atoms with van der Waals surface area (Å²) in [6, 6.07) is 0.794. The van der Waals surface area contributed by atoms with Crippen molar-refractivity contribution in [1.82, 2.24) is 10.0 Å². The number of aryl methyl sites for hydroxylation is 2. The highest BCUT2D eigenvalue weighted by atomic mass is 35.5. The SMILES string of the molecule is Cc1cc(F)cc(F)c1NC(=O)N(C(=N)N)N(C(=N)N)C(=O)Nc1c(C)cc(F)cc1Cl. The van der Waals surface area contributed by atoms with Crippen LogP contribution in [0.1, 0.15) is 11.1 Å². The maximum Gasteiger partial charge on any atom is 0.348 e. The number of anilines is 2. The van der Waals surface area contributed by atoms with Crippen LogP contribution < -0.4 is 22.1 Å². The molecule has 4 amide bonds. The lowest BCUT2D eigenvalue weighted by atomic mass is 10.2. The lowest BCUT2D eigenvalue weighted by Gasteiger charge is -2.31. The Labute approximate surface area is 184 Å². The molecule has 0 saturated heterocycles. The molecule has 32 heavy (non-hydrogen) atoms. The number of carbonyl (C=O) groups is 2. The standard InChI is InChI=1S/C18H18ClF3N8O2/c1-7-3-9(20)5-11(19)13(7)27-17(31)29(15(23)24)30(16(25)26)18(32)28-14-8(2)4-10(21)6-12(14)22/h3-6H,1-2H3,(H3,23,24)(H3,25,26)(H,27,31)(H,28,32). The molecule has 2 aromatic rings. The predicted octanol–water partition coefficient (Wildman–Crippen LogP) is 3.44. The molecular formula is C18H18ClF3N8O2. The smallest absolute Gasteiger partial charge is 0.348 e. The molecule has 0 aliphatic carbocycles. The monoisotopic (exact) mass is 470 g/mol. The summed E-state index contributed by atoms with van der Waals surface area (Å²) in [4.78, 5) is 25.5. The Morgan fingerprint density at radius 2 is 1.25 bits per heavy atom. The number of urea groups is 2. The first-order chi connectivity index (χ1) is 14.8. The number of rotatable bonds is 2. The Hall–Kier alpha value is -4.00. The fourth-order valence-electron chi connectivity index (χ4n) is 2.66. The maximum atomic E-state index is 14.1. The zero-order valence-electron chi connectivity index (χ0n) is 16.7. The van der Waals surface area contributed by atoms with Crippen LogP contribution in [0.5, 0.6) is 0 Å². The maximum absolute atomic E-state index is 14.1. The second-order valence-electron chi connectivity index (χ2n) is 6.41. The van der Waals surface area contributed by atoms with Crippen molar-refractivity contribution in [3.05, 3.63) is 57.9 Å². The Bertz CT molecular complexity index is 994. The first kappa shape index (κ1) is 24.3. The van der Waals surface area contributed by atoms with Crippen LogP contribution in [0.2, 0.25) is 5.02 Å². The van der Waals surface area contributed by atoms with Crippen LogP contribution in [0.3, 0.4) is 0 Å². The second-order valence-corrected chi connectivity index (χ2v) is 6.82. The number of nitrogens with zero attached hydrogens (tertiary/aromatic N) is 2. The largest absolute Gasteiger partial charge is 0.368 e. The van der Waals surface area contributed by atoms with Gasteiger partial charge in [-0.1, -0.05) is 11.6 Å². The van der Waals surface area contributed by atoms with Crippen LogP contribution in [0.15, 0.2) is 24.3 Å². The molecule has 0 atom stereocenters. The number of hydrogen-bond acceptors (Lipinski definition) is 4. The first-order valence-corrected chi connectivity index (χ1v) is 9.02. The average molecular weight is 471 g/mol. The molecule has 0 unspecified atom stereocenters. The number of halogens is 4. The summed E-state index contributed by atoms with van der Waals surface area (Å²) in [6.45, 7) is 2.73. The van der Waals surface area contributed by atoms with Crippen LogP contribution in [0.4, 0.5) is 34.1 Å². The molecule has 14 heteroatoms. The minimum Gasteiger partial charge on any atom is -0.368 e. The molecule has 0 radical (unpaired) electrons. The van der Waals surface area contributed by atoms with Gasteiger partial charge in [0.05, 0.1) is 16.4 Å². The minimum absolute atomic E-state index is 0.00750. The van der Waals surface area contributed by atoms with Gasteiger partial charge in [0.1, 0.15) is 17.5 Å². The molecule has 8 N–H and O–H groups in total. The van der Waals surface area contributed by atoms with Crippen LogP contribution >= 0.6 is 11.6 Å². The molecule has 0 aliphatic heterocycles. The minimum atomic E-state index is -1.36. The van der Waals surface area contributed by atoms with E-state index >= 15 is 0 Å². The van der Waals surface area contributed by atoms with Crippen LogP contribution in [0.25, 0.3) is 0 Å². The van der Waals surface area contributed by atoms with E-state index in [1.54, 1.807) is 0 Å². The topological polar surface area (TPSA) is 164 Å². The van der Waals surface area contributed by atoms with Gasteiger partial charge in [0.25, 0.3) is 0 Å². The molecule has 0 aromatic heterocycles. The van der Waals surface area contributed by atoms with Gasteiger partial charge in [-0.3, -0.25) is 10.8 Å². The zero-order chi connectivity index (χ0) is 24.3. The van der Waals surface area contributed by atoms with Gasteiger partial charge in [0, 0.05) is 6.07 Å². The van der Waals surface area contributed by atoms with Crippen molar-refractivity contribution in [1.29, 1.82) is 10.8 Å². The number of nitrogens with one attached hydrogen (secondary N) is 4. The molecule has 170 valence electrons. The quantitative estimate of drug-likeness (QED) is 0.225. The number of carbonyl (C=O) groups excluding carboxylic acids is 2. The second kappa shape index (κ2) is 9.43. The van der Waals surface area contributed by atoms with Crippen LogP contribution in [0, 0.1) is 42.1 Å². The van der Waals surface area contributed by atoms with E-state index in [4.69, 9.17) is 33.9 Å². The van der Waals surface area contributed by atoms with Gasteiger partial charge in [0.2, 0.25) is 11.9 Å². The first-order valence-electron chi connectivity index (χ1n) is 8.65. The summed E-state index contributed by atoms with van der Waals surface area (Å²) < 4.78 is 40.9. The van der Waals surface area contributed by atoms with Gasteiger partial charge >= 0.3 is 12.1 Å². The van der Waals surface area contributed by atoms with Crippen molar-refractivity contribution in [3.63, 3.8) is 0 Å². The van der Waals surface area contributed by atoms with E-state index in [-0.39, 0.29) is 31.9 Å². The highest BCUT2D eigenvalue weighted by molar-refractivity contribution is 6.34. The van der Waals surface area contributed by atoms with E-state index < -0.39 is 47.1 Å². The summed E-state index contributed by atoms with van der Waals surface area (Å²) in [6.07, 6.45) is 0. The summed E-state index contributed by atoms with van der Waals surface area (Å²) >= 11 is 5.93. The van der Waals surface area contributed by atoms with E-state index in [2.05, 4.69) is 5.32 Å². The molecule has 0 spiro atoms. The summed E-state index contributed by atoms with van der Waals surface area (Å²) in [5.41, 5.74) is 10.5. The van der Waals surface area contributed by atoms with E-state index in [0.29, 0.717) is 6.07 Å². The van der Waals surface area contributed by atoms with Crippen molar-refractivity contribution < 1.29 is 22.8 Å². The number of amides is 4. The molecule has 2 rings (SSSR count). The molecule has 0 saturated carbocycles. The fraction of sp³-hybridized carbons (Fsp3) is 0.111. The number of hydrazine groups is 1. The Balaban J connectivity index is 2.40. The third kappa shape index (κ3) is 5.18. The number of hydrogen-bond donors (Lipinski definition) is 6. The lowest BCUT2D eigenvalue weighted by Crippen LogP contribution is -2.61. The molecule has 0 fully saturated rings. The Kier molecular flexibility index (Phi) is 7.15. The Morgan fingerprint density at radius 1 is 0.844 bits per heavy atom. The van der Waals surface area contributed by atoms with E-state index in [1.165, 1.54) is 13.8 Å². The van der Waals surface area contributed by atoms with Gasteiger partial charge in [-0.05, 0) is 43.2 Å². The highest BCUT2D eigenvalue weighted by Crippen LogP contribution is 2.27. The molecular weight excluding hydrogens is 453 g/mol. The molecule has 0 bridgehead atoms. The summed E-state index contributed by atoms with van der Waals surface area (Å²) in [5.74, 6) is -4.82. The van der Waals surface area contributed by atoms with Crippen molar-refractivity contribution >= 4 is 47.0 Å². The van der Waals surface area contributed by atoms with Crippen molar-refractivity contribution in [2.45, 2.75) is 13.8 Å². The summed E-state index contributed by atoms with van der Waals surface area (Å²) in [7, 11) is 0. The highest BCUT2D eigenvalue weighted by Gasteiger charge is 2.33. The molecule has 2 aromatic carbocycles. The van der Waals surface area contributed by atoms with Gasteiger partial charge in [-0.15, -0.1) is 0 Å². The Morgan fingerprint density at radius 3 is 1.66 bits per heavy atom. The molecule has 10 nitrogen and oxygen atoms in total. The molecule has 0 aliphatic rings. The number of guanidine groups is 2. The predicted molar refractivity (Wildman–Crippen MR) is 113 cm³/mol. The van der Waals surface area contributed by atoms with Gasteiger partial charge < -0.3 is 22.1 Å². The molecule has 0 heterocycles. The number of nitrogens with two attached hydrogens (primary N) is 2. The van der Waals surface area contributed by atoms with Crippen LogP contribution in [-0.4, -0.2) is 34.0 Å². The van der Waals surface area contributed by atoms with Crippen molar-refractivity contribution in [3.8, 4) is 0 Å². The van der Waals surface area contributed by atoms with Gasteiger partial charge in [0.15, 0.2) is 0 Å². The third-order valence-corrected chi connectivity index (χ3v) is 4.31. The van der Waals surface area contributed by atoms with Crippen molar-refractivity contribution in [2.75, 3.05) is 10.6 Å². The lowest BCUT2D eigenvalue weighted by molar-refractivity contribution is 0.158. The van der Waals surface area contributed by atoms with E-state index in [1.807, 2.05) is 5.32 Å². The summed E-state index contributed by atoms with van der Waals surface area (Å²) in [5, 5.41) is 19.7. The normalized spacial score (nSPS) is 10.3.